The molecule has 25 heavy (non-hydrogen) atoms. The molecule has 0 N–H and O–H groups in total. The Kier molecular flexibility index (Phi) is 2.21. The van der Waals surface area contributed by atoms with E-state index in [-0.39, 0.29) is 11.7 Å². The number of rotatable bonds is 1. The average molecular weight is 327 g/mol. The molecular formula is C23H17NO. The third-order valence-corrected chi connectivity index (χ3v) is 4.68. The summed E-state index contributed by atoms with van der Waals surface area (Å²) in [7, 11) is 0. The monoisotopic (exact) mass is 327 g/mol. The van der Waals surface area contributed by atoms with Gasteiger partial charge in [-0.25, -0.2) is 0 Å². The maximum Gasteiger partial charge on any atom is 0.144 e. The molecule has 5 aromatic rings. The normalized spacial score (nSPS) is 14.4. The summed E-state index contributed by atoms with van der Waals surface area (Å²) in [6.45, 7) is -0.658. The third kappa shape index (κ3) is 2.14. The first-order valence-corrected chi connectivity index (χ1v) is 8.16. The van der Waals surface area contributed by atoms with Gasteiger partial charge in [0.15, 0.2) is 0 Å². The number of furan rings is 1. The van der Waals surface area contributed by atoms with Gasteiger partial charge in [-0.15, -0.1) is 0 Å². The van der Waals surface area contributed by atoms with E-state index in [4.69, 9.17) is 9.90 Å². The van der Waals surface area contributed by atoms with Gasteiger partial charge in [-0.05, 0) is 59.9 Å². The van der Waals surface area contributed by atoms with E-state index in [2.05, 4.69) is 17.1 Å². The van der Waals surface area contributed by atoms with Crippen LogP contribution in [0.4, 0.5) is 0 Å². The van der Waals surface area contributed by atoms with E-state index in [1.807, 2.05) is 42.5 Å². The Bertz CT molecular complexity index is 1390. The second kappa shape index (κ2) is 5.18. The van der Waals surface area contributed by atoms with Gasteiger partial charge in [-0.3, -0.25) is 4.98 Å². The molecule has 0 saturated carbocycles. The Hall–Kier alpha value is -3.13. The van der Waals surface area contributed by atoms with E-state index in [1.54, 1.807) is 13.0 Å². The fourth-order valence-corrected chi connectivity index (χ4v) is 3.34. The van der Waals surface area contributed by atoms with Crippen LogP contribution >= 0.6 is 0 Å². The average Bonchev–Trinajstić information content (AvgIpc) is 3.02. The SMILES string of the molecule is [2H]c1nc(-c2cccc3c2oc2cc4ccccc4cc23)cc(C)c1C([2H])([2H])[2H]. The number of aryl methyl sites for hydroxylation is 1. The predicted octanol–water partition coefficient (Wildman–Crippen LogP) is 6.42. The van der Waals surface area contributed by atoms with E-state index < -0.39 is 6.85 Å². The van der Waals surface area contributed by atoms with Gasteiger partial charge in [0, 0.05) is 26.6 Å². The van der Waals surface area contributed by atoms with Gasteiger partial charge >= 0.3 is 0 Å². The fourth-order valence-electron chi connectivity index (χ4n) is 3.34. The largest absolute Gasteiger partial charge is 0.455 e. The number of hydrogen-bond acceptors (Lipinski definition) is 2. The standard InChI is InChI=1S/C23H17NO/c1-14-10-21(24-13-15(14)2)19-9-5-8-18-20-11-16-6-3-4-7-17(16)12-22(20)25-23(18)19/h3-13H,1-2H3/i2D3,13D. The van der Waals surface area contributed by atoms with Gasteiger partial charge in [0.2, 0.25) is 0 Å². The van der Waals surface area contributed by atoms with Crippen molar-refractivity contribution >= 4 is 32.7 Å². The van der Waals surface area contributed by atoms with Gasteiger partial charge in [-0.1, -0.05) is 36.4 Å². The molecule has 0 aliphatic heterocycles. The minimum atomic E-state index is -2.36. The number of hydrogen-bond donors (Lipinski definition) is 0. The molecule has 0 bridgehead atoms. The lowest BCUT2D eigenvalue weighted by Gasteiger charge is -2.05. The maximum absolute atomic E-state index is 8.17. The fraction of sp³-hybridized carbons (Fsp3) is 0.0870. The van der Waals surface area contributed by atoms with Crippen LogP contribution in [0.25, 0.3) is 44.0 Å². The van der Waals surface area contributed by atoms with Gasteiger partial charge in [-0.2, -0.15) is 0 Å². The summed E-state index contributed by atoms with van der Waals surface area (Å²) < 4.78 is 37.4. The zero-order valence-corrected chi connectivity index (χ0v) is 13.6. The summed E-state index contributed by atoms with van der Waals surface area (Å²) >= 11 is 0. The number of aromatic nitrogens is 1. The summed E-state index contributed by atoms with van der Waals surface area (Å²) in [6.07, 6.45) is -0.223. The van der Waals surface area contributed by atoms with E-state index in [9.17, 15) is 0 Å². The maximum atomic E-state index is 8.17. The van der Waals surface area contributed by atoms with Gasteiger partial charge < -0.3 is 4.42 Å². The van der Waals surface area contributed by atoms with Crippen LogP contribution in [-0.2, 0) is 0 Å². The van der Waals surface area contributed by atoms with E-state index in [0.717, 1.165) is 32.7 Å². The highest BCUT2D eigenvalue weighted by atomic mass is 16.3. The zero-order valence-electron chi connectivity index (χ0n) is 17.6. The first-order valence-electron chi connectivity index (χ1n) is 10.2. The minimum absolute atomic E-state index is 0.00993. The van der Waals surface area contributed by atoms with Crippen molar-refractivity contribution in [3.63, 3.8) is 0 Å². The molecule has 120 valence electrons. The zero-order chi connectivity index (χ0) is 20.3. The number of pyridine rings is 1. The first-order chi connectivity index (χ1) is 13.8. The molecule has 0 atom stereocenters. The molecule has 0 fully saturated rings. The number of para-hydroxylation sites is 1. The molecule has 5 rings (SSSR count). The predicted molar refractivity (Wildman–Crippen MR) is 104 cm³/mol. The number of benzene rings is 3. The molecule has 3 aromatic carbocycles. The summed E-state index contributed by atoms with van der Waals surface area (Å²) in [5, 5.41) is 4.22. The van der Waals surface area contributed by atoms with E-state index in [1.165, 1.54) is 0 Å². The Balaban J connectivity index is 1.79. The Morgan fingerprint density at radius 2 is 1.76 bits per heavy atom. The molecule has 0 saturated heterocycles. The van der Waals surface area contributed by atoms with Gasteiger partial charge in [0.25, 0.3) is 0 Å². The van der Waals surface area contributed by atoms with Crippen molar-refractivity contribution in [1.29, 1.82) is 0 Å². The van der Waals surface area contributed by atoms with Crippen molar-refractivity contribution < 1.29 is 9.90 Å². The van der Waals surface area contributed by atoms with Crippen LogP contribution < -0.4 is 0 Å². The molecule has 0 radical (unpaired) electrons. The first kappa shape index (κ1) is 10.7. The quantitative estimate of drug-likeness (QED) is 0.355. The lowest BCUT2D eigenvalue weighted by atomic mass is 10.0. The van der Waals surface area contributed by atoms with Crippen LogP contribution in [0.3, 0.4) is 0 Å². The molecular weight excluding hydrogens is 306 g/mol. The molecule has 2 aromatic heterocycles. The lowest BCUT2D eigenvalue weighted by Crippen LogP contribution is -1.88. The minimum Gasteiger partial charge on any atom is -0.455 e. The summed E-state index contributed by atoms with van der Waals surface area (Å²) in [5.41, 5.74) is 3.27. The molecule has 2 heteroatoms. The van der Waals surface area contributed by atoms with Gasteiger partial charge in [0.1, 0.15) is 11.2 Å². The van der Waals surface area contributed by atoms with Crippen LogP contribution in [0.15, 0.2) is 71.3 Å². The number of nitrogens with zero attached hydrogens (tertiary/aromatic N) is 1. The van der Waals surface area contributed by atoms with Crippen molar-refractivity contribution in [2.24, 2.45) is 0 Å². The second-order valence-corrected chi connectivity index (χ2v) is 6.29. The molecule has 0 spiro atoms. The van der Waals surface area contributed by atoms with Crippen LogP contribution in [0, 0.1) is 13.8 Å². The highest BCUT2D eigenvalue weighted by molar-refractivity contribution is 6.13. The Morgan fingerprint density at radius 1 is 0.920 bits per heavy atom. The van der Waals surface area contributed by atoms with Crippen molar-refractivity contribution in [3.8, 4) is 11.3 Å². The van der Waals surface area contributed by atoms with E-state index >= 15 is 0 Å². The van der Waals surface area contributed by atoms with Crippen molar-refractivity contribution in [1.82, 2.24) is 4.98 Å². The molecule has 2 nitrogen and oxygen atoms in total. The second-order valence-electron chi connectivity index (χ2n) is 6.29. The van der Waals surface area contributed by atoms with Crippen LogP contribution in [-0.4, -0.2) is 4.98 Å². The topological polar surface area (TPSA) is 26.0 Å². The summed E-state index contributed by atoms with van der Waals surface area (Å²) in [4.78, 5) is 4.29. The molecule has 2 heterocycles. The smallest absolute Gasteiger partial charge is 0.144 e. The highest BCUT2D eigenvalue weighted by Gasteiger charge is 2.14. The molecule has 0 aliphatic rings. The summed E-state index contributed by atoms with van der Waals surface area (Å²) in [5.74, 6) is 0. The van der Waals surface area contributed by atoms with Crippen molar-refractivity contribution in [3.05, 3.63) is 78.0 Å². The highest BCUT2D eigenvalue weighted by Crippen LogP contribution is 2.37. The van der Waals surface area contributed by atoms with Crippen molar-refractivity contribution in [2.45, 2.75) is 13.8 Å². The van der Waals surface area contributed by atoms with E-state index in [0.29, 0.717) is 16.8 Å². The third-order valence-electron chi connectivity index (χ3n) is 4.68. The molecule has 0 unspecified atom stereocenters. The van der Waals surface area contributed by atoms with Gasteiger partial charge in [0.05, 0.1) is 7.06 Å². The van der Waals surface area contributed by atoms with Crippen LogP contribution in [0.1, 0.15) is 16.6 Å². The van der Waals surface area contributed by atoms with Crippen LogP contribution in [0.2, 0.25) is 0 Å². The Morgan fingerprint density at radius 3 is 2.56 bits per heavy atom. The summed E-state index contributed by atoms with van der Waals surface area (Å²) in [6, 6.07) is 19.8. The lowest BCUT2D eigenvalue weighted by molar-refractivity contribution is 0.670. The molecule has 0 amide bonds. The number of fused-ring (bicyclic) bond motifs is 4. The Labute approximate surface area is 151 Å². The molecule has 0 aliphatic carbocycles. The van der Waals surface area contributed by atoms with Crippen LogP contribution in [0.5, 0.6) is 0 Å². The van der Waals surface area contributed by atoms with Crippen molar-refractivity contribution in [2.75, 3.05) is 0 Å².